The fourth-order valence-electron chi connectivity index (χ4n) is 3.41. The number of methoxy groups -OCH3 is 1. The van der Waals surface area contributed by atoms with Crippen molar-refractivity contribution in [2.75, 3.05) is 40.3 Å². The molecule has 1 aliphatic heterocycles. The van der Waals surface area contributed by atoms with E-state index in [-0.39, 0.29) is 0 Å². The van der Waals surface area contributed by atoms with Crippen LogP contribution >= 0.6 is 0 Å². The molecular formula is C21H24N2O2+2. The summed E-state index contributed by atoms with van der Waals surface area (Å²) >= 11 is 0. The van der Waals surface area contributed by atoms with E-state index in [1.807, 2.05) is 30.3 Å². The van der Waals surface area contributed by atoms with Crippen LogP contribution < -0.4 is 19.6 Å². The SMILES string of the molecule is COc1ccc2oc(-c3ccccc3)cc(=[N+]3CC[NH+](C)CC3)c2c1. The van der Waals surface area contributed by atoms with Gasteiger partial charge in [0.25, 0.3) is 0 Å². The predicted octanol–water partition coefficient (Wildman–Crippen LogP) is 1.41. The molecule has 0 radical (unpaired) electrons. The van der Waals surface area contributed by atoms with Crippen LogP contribution in [0.25, 0.3) is 22.3 Å². The van der Waals surface area contributed by atoms with Crippen molar-refractivity contribution < 1.29 is 14.1 Å². The Morgan fingerprint density at radius 2 is 1.76 bits per heavy atom. The molecule has 3 aromatic rings. The first-order valence-electron chi connectivity index (χ1n) is 8.81. The third kappa shape index (κ3) is 3.17. The molecule has 0 amide bonds. The Kier molecular flexibility index (Phi) is 4.28. The second-order valence-corrected chi connectivity index (χ2v) is 6.67. The van der Waals surface area contributed by atoms with Crippen molar-refractivity contribution in [2.45, 2.75) is 0 Å². The number of benzene rings is 2. The summed E-state index contributed by atoms with van der Waals surface area (Å²) in [6, 6.07) is 18.5. The van der Waals surface area contributed by atoms with Gasteiger partial charge in [0, 0.05) is 5.56 Å². The molecule has 0 bridgehead atoms. The molecule has 0 saturated carbocycles. The number of nitrogens with one attached hydrogen (secondary N) is 1. The zero-order valence-corrected chi connectivity index (χ0v) is 14.8. The van der Waals surface area contributed by atoms with Crippen molar-refractivity contribution in [3.05, 3.63) is 60.0 Å². The van der Waals surface area contributed by atoms with Crippen LogP contribution in [0.3, 0.4) is 0 Å². The molecule has 1 saturated heterocycles. The lowest BCUT2D eigenvalue weighted by Gasteiger charge is -2.18. The lowest BCUT2D eigenvalue weighted by atomic mass is 10.1. The molecule has 2 aromatic carbocycles. The average Bonchev–Trinajstić information content (AvgIpc) is 2.68. The summed E-state index contributed by atoms with van der Waals surface area (Å²) in [5, 5.41) is 2.34. The molecule has 0 atom stereocenters. The molecule has 4 heteroatoms. The number of quaternary nitrogens is 1. The molecule has 1 fully saturated rings. The number of nitrogens with zero attached hydrogens (tertiary/aromatic N) is 1. The maximum Gasteiger partial charge on any atom is 0.215 e. The highest BCUT2D eigenvalue weighted by molar-refractivity contribution is 5.80. The summed E-state index contributed by atoms with van der Waals surface area (Å²) < 4.78 is 14.1. The largest absolute Gasteiger partial charge is 0.497 e. The molecule has 0 unspecified atom stereocenters. The molecule has 128 valence electrons. The Hall–Kier alpha value is -2.59. The van der Waals surface area contributed by atoms with E-state index >= 15 is 0 Å². The number of fused-ring (bicyclic) bond motifs is 1. The Labute approximate surface area is 147 Å². The van der Waals surface area contributed by atoms with Crippen LogP contribution in [0.4, 0.5) is 0 Å². The molecule has 0 aliphatic carbocycles. The second kappa shape index (κ2) is 6.73. The summed E-state index contributed by atoms with van der Waals surface area (Å²) in [5.74, 6) is 1.76. The standard InChI is InChI=1S/C21H23N2O2/c1-22-10-12-23(13-11-22)19-15-21(16-6-4-3-5-7-16)25-20-9-8-17(24-2)14-18(19)20/h3-9,14-15H,10-13H2,1-2H3/q+1/p+1. The van der Waals surface area contributed by atoms with Crippen molar-refractivity contribution in [3.63, 3.8) is 0 Å². The van der Waals surface area contributed by atoms with Gasteiger partial charge in [0.15, 0.2) is 13.1 Å². The maximum absolute atomic E-state index is 6.21. The van der Waals surface area contributed by atoms with E-state index in [0.29, 0.717) is 0 Å². The zero-order valence-electron chi connectivity index (χ0n) is 14.8. The smallest absolute Gasteiger partial charge is 0.215 e. The van der Waals surface area contributed by atoms with Gasteiger partial charge in [0.2, 0.25) is 5.36 Å². The van der Waals surface area contributed by atoms with Crippen LogP contribution in [0.2, 0.25) is 0 Å². The van der Waals surface area contributed by atoms with Gasteiger partial charge in [-0.25, -0.2) is 4.58 Å². The van der Waals surface area contributed by atoms with Crippen LogP contribution in [0, 0.1) is 0 Å². The van der Waals surface area contributed by atoms with Crippen LogP contribution in [-0.4, -0.2) is 40.3 Å². The van der Waals surface area contributed by atoms with Gasteiger partial charge in [-0.05, 0) is 18.2 Å². The number of likely N-dealkylation sites (N-methyl/N-ethyl adjacent to an activating group) is 1. The van der Waals surface area contributed by atoms with Gasteiger partial charge in [0.1, 0.15) is 30.2 Å². The third-order valence-electron chi connectivity index (χ3n) is 4.97. The summed E-state index contributed by atoms with van der Waals surface area (Å²) in [7, 11) is 3.96. The number of ether oxygens (including phenoxy) is 1. The van der Waals surface area contributed by atoms with Gasteiger partial charge in [-0.3, -0.25) is 0 Å². The van der Waals surface area contributed by atoms with Crippen molar-refractivity contribution >= 4 is 11.0 Å². The van der Waals surface area contributed by atoms with Gasteiger partial charge in [-0.2, -0.15) is 0 Å². The van der Waals surface area contributed by atoms with Crippen LogP contribution in [0.1, 0.15) is 0 Å². The van der Waals surface area contributed by atoms with Crippen molar-refractivity contribution in [1.29, 1.82) is 0 Å². The van der Waals surface area contributed by atoms with Crippen molar-refractivity contribution in [1.82, 2.24) is 4.58 Å². The van der Waals surface area contributed by atoms with Crippen molar-refractivity contribution in [3.8, 4) is 17.1 Å². The highest BCUT2D eigenvalue weighted by atomic mass is 16.5. The highest BCUT2D eigenvalue weighted by Gasteiger charge is 2.21. The summed E-state index contributed by atoms with van der Waals surface area (Å²) in [6.45, 7) is 4.41. The molecule has 0 spiro atoms. The molecule has 25 heavy (non-hydrogen) atoms. The Morgan fingerprint density at radius 3 is 2.48 bits per heavy atom. The second-order valence-electron chi connectivity index (χ2n) is 6.67. The molecule has 1 N–H and O–H groups in total. The molecule has 4 nitrogen and oxygen atoms in total. The Balaban J connectivity index is 1.98. The quantitative estimate of drug-likeness (QED) is 0.717. The first kappa shape index (κ1) is 15.9. The predicted molar refractivity (Wildman–Crippen MR) is 99.8 cm³/mol. The monoisotopic (exact) mass is 336 g/mol. The minimum Gasteiger partial charge on any atom is -0.497 e. The fraction of sp³-hybridized carbons (Fsp3) is 0.286. The van der Waals surface area contributed by atoms with E-state index in [1.165, 1.54) is 5.36 Å². The lowest BCUT2D eigenvalue weighted by molar-refractivity contribution is -0.882. The van der Waals surface area contributed by atoms with Crippen LogP contribution in [-0.2, 0) is 0 Å². The molecule has 4 rings (SSSR count). The third-order valence-corrected chi connectivity index (χ3v) is 4.97. The number of hydrogen-bond donors (Lipinski definition) is 1. The van der Waals surface area contributed by atoms with Crippen molar-refractivity contribution in [2.24, 2.45) is 0 Å². The van der Waals surface area contributed by atoms with E-state index < -0.39 is 0 Å². The maximum atomic E-state index is 6.21. The lowest BCUT2D eigenvalue weighted by Crippen LogP contribution is -3.12. The Bertz CT molecular complexity index is 951. The molecule has 1 aromatic heterocycles. The average molecular weight is 336 g/mol. The van der Waals surface area contributed by atoms with Gasteiger partial charge >= 0.3 is 0 Å². The minimum atomic E-state index is 0.858. The van der Waals surface area contributed by atoms with Gasteiger partial charge in [0.05, 0.1) is 25.6 Å². The fourth-order valence-corrected chi connectivity index (χ4v) is 3.41. The topological polar surface area (TPSA) is 29.8 Å². The van der Waals surface area contributed by atoms with Gasteiger partial charge < -0.3 is 14.1 Å². The molecular weight excluding hydrogens is 312 g/mol. The number of hydrogen-bond acceptors (Lipinski definition) is 2. The van der Waals surface area contributed by atoms with Crippen LogP contribution in [0.15, 0.2) is 59.0 Å². The highest BCUT2D eigenvalue weighted by Crippen LogP contribution is 2.24. The molecule has 2 heterocycles. The molecule has 1 aliphatic rings. The van der Waals surface area contributed by atoms with E-state index in [2.05, 4.69) is 35.9 Å². The van der Waals surface area contributed by atoms with E-state index in [4.69, 9.17) is 9.15 Å². The Morgan fingerprint density at radius 1 is 1.00 bits per heavy atom. The number of piperazine rings is 1. The normalized spacial score (nSPS) is 17.7. The summed E-state index contributed by atoms with van der Waals surface area (Å²) in [5.41, 5.74) is 1.99. The van der Waals surface area contributed by atoms with E-state index in [9.17, 15) is 0 Å². The first-order chi connectivity index (χ1) is 12.2. The van der Waals surface area contributed by atoms with Crippen LogP contribution in [0.5, 0.6) is 5.75 Å². The van der Waals surface area contributed by atoms with E-state index in [0.717, 1.165) is 54.2 Å². The zero-order chi connectivity index (χ0) is 17.2. The van der Waals surface area contributed by atoms with Gasteiger partial charge in [-0.15, -0.1) is 0 Å². The first-order valence-corrected chi connectivity index (χ1v) is 8.81. The number of rotatable bonds is 2. The summed E-state index contributed by atoms with van der Waals surface area (Å²) in [6.07, 6.45) is 0. The minimum absolute atomic E-state index is 0.858. The van der Waals surface area contributed by atoms with E-state index in [1.54, 1.807) is 12.0 Å². The van der Waals surface area contributed by atoms with Gasteiger partial charge in [-0.1, -0.05) is 30.3 Å². The summed E-state index contributed by atoms with van der Waals surface area (Å²) in [4.78, 5) is 1.59.